The number of thiophene rings is 1. The Kier molecular flexibility index (Phi) is 8.11. The molecule has 0 amide bonds. The SMILES string of the molecule is Cc1ccc(-c2csc3nc(CN(C[C@@H](O)COC(C)(C)C)C4CCCCC4)[nH]c(=O)c23)cc1C. The van der Waals surface area contributed by atoms with Crippen LogP contribution in [0.25, 0.3) is 21.3 Å². The van der Waals surface area contributed by atoms with Gasteiger partial charge in [0.05, 0.1) is 30.2 Å². The van der Waals surface area contributed by atoms with E-state index in [0.717, 1.165) is 28.8 Å². The summed E-state index contributed by atoms with van der Waals surface area (Å²) in [5.74, 6) is 0.658. The molecule has 0 aliphatic heterocycles. The van der Waals surface area contributed by atoms with Gasteiger partial charge in [0.15, 0.2) is 0 Å². The van der Waals surface area contributed by atoms with E-state index in [2.05, 4.69) is 41.9 Å². The minimum Gasteiger partial charge on any atom is -0.389 e. The van der Waals surface area contributed by atoms with Crippen molar-refractivity contribution in [3.05, 3.63) is 50.9 Å². The summed E-state index contributed by atoms with van der Waals surface area (Å²) >= 11 is 1.52. The van der Waals surface area contributed by atoms with Gasteiger partial charge in [-0.1, -0.05) is 37.5 Å². The molecule has 7 heteroatoms. The molecule has 1 aromatic carbocycles. The molecule has 1 atom stereocenters. The van der Waals surface area contributed by atoms with E-state index in [1.807, 2.05) is 26.2 Å². The standard InChI is InChI=1S/C28H39N3O3S/c1-18-11-12-20(13-19(18)2)23-17-35-27-25(23)26(33)29-24(30-27)15-31(21-9-7-6-8-10-21)14-22(32)16-34-28(3,4)5/h11-13,17,21-22,32H,6-10,14-16H2,1-5H3,(H,29,30,33)/t22-/m1/s1. The smallest absolute Gasteiger partial charge is 0.260 e. The third kappa shape index (κ3) is 6.58. The monoisotopic (exact) mass is 497 g/mol. The molecule has 6 nitrogen and oxygen atoms in total. The van der Waals surface area contributed by atoms with Gasteiger partial charge in [-0.2, -0.15) is 0 Å². The normalized spacial score (nSPS) is 16.3. The highest BCUT2D eigenvalue weighted by atomic mass is 32.1. The predicted octanol–water partition coefficient (Wildman–Crippen LogP) is 5.58. The van der Waals surface area contributed by atoms with Crippen LogP contribution in [0.3, 0.4) is 0 Å². The number of H-pyrrole nitrogens is 1. The van der Waals surface area contributed by atoms with E-state index >= 15 is 0 Å². The van der Waals surface area contributed by atoms with Gasteiger partial charge in [-0.05, 0) is 64.2 Å². The van der Waals surface area contributed by atoms with E-state index < -0.39 is 6.10 Å². The van der Waals surface area contributed by atoms with Gasteiger partial charge in [0.25, 0.3) is 5.56 Å². The van der Waals surface area contributed by atoms with Crippen molar-refractivity contribution in [2.45, 2.75) is 91.0 Å². The second-order valence-corrected chi connectivity index (χ2v) is 11.8. The first-order valence-corrected chi connectivity index (χ1v) is 13.6. The largest absolute Gasteiger partial charge is 0.389 e. The average Bonchev–Trinajstić information content (AvgIpc) is 3.24. The van der Waals surface area contributed by atoms with Gasteiger partial charge < -0.3 is 14.8 Å². The van der Waals surface area contributed by atoms with E-state index in [-0.39, 0.29) is 11.2 Å². The first kappa shape index (κ1) is 26.0. The Morgan fingerprint density at radius 3 is 2.63 bits per heavy atom. The van der Waals surface area contributed by atoms with Crippen molar-refractivity contribution in [3.8, 4) is 11.1 Å². The molecule has 1 aliphatic rings. The highest BCUT2D eigenvalue weighted by Gasteiger charge is 2.25. The van der Waals surface area contributed by atoms with Crippen molar-refractivity contribution < 1.29 is 9.84 Å². The lowest BCUT2D eigenvalue weighted by Crippen LogP contribution is -2.43. The van der Waals surface area contributed by atoms with E-state index in [9.17, 15) is 9.90 Å². The van der Waals surface area contributed by atoms with Gasteiger partial charge in [0.2, 0.25) is 0 Å². The van der Waals surface area contributed by atoms with Gasteiger partial charge in [-0.15, -0.1) is 11.3 Å². The molecule has 1 aliphatic carbocycles. The number of hydrogen-bond donors (Lipinski definition) is 2. The molecular formula is C28H39N3O3S. The second kappa shape index (κ2) is 10.9. The molecule has 0 unspecified atom stereocenters. The summed E-state index contributed by atoms with van der Waals surface area (Å²) in [4.78, 5) is 24.2. The van der Waals surface area contributed by atoms with E-state index in [0.29, 0.717) is 36.9 Å². The van der Waals surface area contributed by atoms with Gasteiger partial charge in [0.1, 0.15) is 10.7 Å². The van der Waals surface area contributed by atoms with Crippen LogP contribution < -0.4 is 5.56 Å². The van der Waals surface area contributed by atoms with Gasteiger partial charge >= 0.3 is 0 Å². The van der Waals surface area contributed by atoms with Crippen LogP contribution in [-0.2, 0) is 11.3 Å². The highest BCUT2D eigenvalue weighted by molar-refractivity contribution is 7.17. The molecule has 0 bridgehead atoms. The first-order chi connectivity index (χ1) is 16.6. The Morgan fingerprint density at radius 2 is 1.94 bits per heavy atom. The number of ether oxygens (including phenoxy) is 1. The molecular weight excluding hydrogens is 458 g/mol. The average molecular weight is 498 g/mol. The van der Waals surface area contributed by atoms with Crippen molar-refractivity contribution in [3.63, 3.8) is 0 Å². The Balaban J connectivity index is 1.58. The van der Waals surface area contributed by atoms with Gasteiger partial charge in [-0.25, -0.2) is 4.98 Å². The lowest BCUT2D eigenvalue weighted by molar-refractivity contribution is -0.0610. The molecule has 3 aromatic rings. The van der Waals surface area contributed by atoms with Crippen molar-refractivity contribution in [2.75, 3.05) is 13.2 Å². The summed E-state index contributed by atoms with van der Waals surface area (Å²) in [5, 5.41) is 13.4. The maximum Gasteiger partial charge on any atom is 0.260 e. The molecule has 2 N–H and O–H groups in total. The van der Waals surface area contributed by atoms with Crippen LogP contribution in [0.5, 0.6) is 0 Å². The zero-order valence-electron chi connectivity index (χ0n) is 21.7. The van der Waals surface area contributed by atoms with Crippen LogP contribution in [0, 0.1) is 13.8 Å². The quantitative estimate of drug-likeness (QED) is 0.425. The van der Waals surface area contributed by atoms with E-state index in [4.69, 9.17) is 9.72 Å². The molecule has 35 heavy (non-hydrogen) atoms. The molecule has 4 rings (SSSR count). The fraction of sp³-hybridized carbons (Fsp3) is 0.571. The lowest BCUT2D eigenvalue weighted by atomic mass is 9.94. The lowest BCUT2D eigenvalue weighted by Gasteiger charge is -2.35. The predicted molar refractivity (Wildman–Crippen MR) is 144 cm³/mol. The Labute approximate surface area is 212 Å². The van der Waals surface area contributed by atoms with E-state index in [1.165, 1.54) is 41.7 Å². The number of benzene rings is 1. The molecule has 2 aromatic heterocycles. The number of aliphatic hydroxyl groups excluding tert-OH is 1. The molecule has 190 valence electrons. The topological polar surface area (TPSA) is 78.5 Å². The third-order valence-corrected chi connectivity index (χ3v) is 7.78. The molecule has 2 heterocycles. The number of aryl methyl sites for hydroxylation is 2. The maximum atomic E-state index is 13.2. The summed E-state index contributed by atoms with van der Waals surface area (Å²) in [6.45, 7) is 11.5. The number of aromatic nitrogens is 2. The fourth-order valence-corrected chi connectivity index (χ4v) is 5.81. The summed E-state index contributed by atoms with van der Waals surface area (Å²) in [7, 11) is 0. The highest BCUT2D eigenvalue weighted by Crippen LogP contribution is 2.32. The van der Waals surface area contributed by atoms with E-state index in [1.54, 1.807) is 0 Å². The summed E-state index contributed by atoms with van der Waals surface area (Å²) in [6, 6.07) is 6.68. The Morgan fingerprint density at radius 1 is 1.20 bits per heavy atom. The number of fused-ring (bicyclic) bond motifs is 1. The van der Waals surface area contributed by atoms with Crippen molar-refractivity contribution in [2.24, 2.45) is 0 Å². The number of rotatable bonds is 8. The maximum absolute atomic E-state index is 13.2. The minimum absolute atomic E-state index is 0.0975. The summed E-state index contributed by atoms with van der Waals surface area (Å²) in [6.07, 6.45) is 5.28. The van der Waals surface area contributed by atoms with Crippen LogP contribution >= 0.6 is 11.3 Å². The number of aliphatic hydroxyl groups is 1. The van der Waals surface area contributed by atoms with Crippen LogP contribution in [0.15, 0.2) is 28.4 Å². The summed E-state index contributed by atoms with van der Waals surface area (Å²) in [5.41, 5.74) is 4.04. The molecule has 1 fully saturated rings. The number of nitrogens with zero attached hydrogens (tertiary/aromatic N) is 2. The number of aromatic amines is 1. The first-order valence-electron chi connectivity index (χ1n) is 12.7. The second-order valence-electron chi connectivity index (χ2n) is 10.9. The number of hydrogen-bond acceptors (Lipinski definition) is 6. The zero-order chi connectivity index (χ0) is 25.2. The Hall–Kier alpha value is -2.06. The molecule has 0 saturated heterocycles. The van der Waals surface area contributed by atoms with Crippen molar-refractivity contribution in [1.29, 1.82) is 0 Å². The van der Waals surface area contributed by atoms with Gasteiger partial charge in [0, 0.05) is 23.5 Å². The van der Waals surface area contributed by atoms with Crippen LogP contribution in [-0.4, -0.2) is 50.9 Å². The van der Waals surface area contributed by atoms with Crippen LogP contribution in [0.4, 0.5) is 0 Å². The number of nitrogens with one attached hydrogen (secondary N) is 1. The molecule has 1 saturated carbocycles. The molecule has 0 spiro atoms. The Bertz CT molecular complexity index is 1200. The fourth-order valence-electron chi connectivity index (χ4n) is 4.84. The van der Waals surface area contributed by atoms with Crippen LogP contribution in [0.1, 0.15) is 69.8 Å². The minimum atomic E-state index is -0.593. The zero-order valence-corrected chi connectivity index (χ0v) is 22.5. The van der Waals surface area contributed by atoms with Crippen molar-refractivity contribution in [1.82, 2.24) is 14.9 Å². The van der Waals surface area contributed by atoms with Gasteiger partial charge in [-0.3, -0.25) is 9.69 Å². The van der Waals surface area contributed by atoms with Crippen LogP contribution in [0.2, 0.25) is 0 Å². The molecule has 0 radical (unpaired) electrons. The third-order valence-electron chi connectivity index (χ3n) is 6.91. The van der Waals surface area contributed by atoms with Crippen molar-refractivity contribution >= 4 is 21.6 Å². The summed E-state index contributed by atoms with van der Waals surface area (Å²) < 4.78 is 5.82.